The first-order valence-electron chi connectivity index (χ1n) is 9.44. The molecule has 3 atom stereocenters. The number of rotatable bonds is 5. The highest BCUT2D eigenvalue weighted by Gasteiger charge is 2.46. The summed E-state index contributed by atoms with van der Waals surface area (Å²) < 4.78 is 0. The maximum atomic E-state index is 9.95. The van der Waals surface area contributed by atoms with Crippen LogP contribution >= 0.6 is 0 Å². The quantitative estimate of drug-likeness (QED) is 0.818. The smallest absolute Gasteiger partial charge is 0.0614 e. The minimum Gasteiger partial charge on any atom is -0.394 e. The van der Waals surface area contributed by atoms with Crippen LogP contribution in [-0.2, 0) is 0 Å². The zero-order valence-corrected chi connectivity index (χ0v) is 13.4. The SMILES string of the molecule is OCC1(NC2CC2)CCC(N2CCCC2C2CCCC2)C1. The van der Waals surface area contributed by atoms with Gasteiger partial charge in [0.1, 0.15) is 0 Å². The van der Waals surface area contributed by atoms with Crippen LogP contribution in [0.3, 0.4) is 0 Å². The number of nitrogens with one attached hydrogen (secondary N) is 1. The summed E-state index contributed by atoms with van der Waals surface area (Å²) in [7, 11) is 0. The van der Waals surface area contributed by atoms with Gasteiger partial charge in [-0.2, -0.15) is 0 Å². The lowest BCUT2D eigenvalue weighted by atomic mass is 9.94. The summed E-state index contributed by atoms with van der Waals surface area (Å²) in [4.78, 5) is 2.86. The molecule has 0 aromatic rings. The van der Waals surface area contributed by atoms with Gasteiger partial charge < -0.3 is 10.4 Å². The average molecular weight is 292 g/mol. The summed E-state index contributed by atoms with van der Waals surface area (Å²) in [5.41, 5.74) is 0.0502. The lowest BCUT2D eigenvalue weighted by molar-refractivity contribution is 0.114. The highest BCUT2D eigenvalue weighted by Crippen LogP contribution is 2.42. The Labute approximate surface area is 129 Å². The number of hydrogen-bond donors (Lipinski definition) is 2. The number of aliphatic hydroxyl groups excluding tert-OH is 1. The topological polar surface area (TPSA) is 35.5 Å². The molecule has 3 unspecified atom stereocenters. The van der Waals surface area contributed by atoms with Crippen LogP contribution in [0, 0.1) is 5.92 Å². The van der Waals surface area contributed by atoms with Gasteiger partial charge in [-0.25, -0.2) is 0 Å². The molecule has 3 aliphatic carbocycles. The Morgan fingerprint density at radius 2 is 1.81 bits per heavy atom. The van der Waals surface area contributed by atoms with Gasteiger partial charge in [-0.15, -0.1) is 0 Å². The Bertz CT molecular complexity index is 364. The predicted octanol–water partition coefficient (Wildman–Crippen LogP) is 2.68. The number of hydrogen-bond acceptors (Lipinski definition) is 3. The van der Waals surface area contributed by atoms with E-state index in [9.17, 15) is 5.11 Å². The fourth-order valence-electron chi connectivity index (χ4n) is 5.48. The van der Waals surface area contributed by atoms with Crippen molar-refractivity contribution in [2.45, 2.75) is 94.3 Å². The molecule has 0 bridgehead atoms. The van der Waals surface area contributed by atoms with Gasteiger partial charge in [-0.3, -0.25) is 4.90 Å². The van der Waals surface area contributed by atoms with Crippen LogP contribution in [0.15, 0.2) is 0 Å². The fraction of sp³-hybridized carbons (Fsp3) is 1.00. The van der Waals surface area contributed by atoms with Gasteiger partial charge in [0.25, 0.3) is 0 Å². The summed E-state index contributed by atoms with van der Waals surface area (Å²) >= 11 is 0. The molecular formula is C18H32N2O. The van der Waals surface area contributed by atoms with Crippen molar-refractivity contribution in [3.63, 3.8) is 0 Å². The van der Waals surface area contributed by atoms with Gasteiger partial charge in [-0.1, -0.05) is 12.8 Å². The van der Waals surface area contributed by atoms with Crippen molar-refractivity contribution in [3.8, 4) is 0 Å². The lowest BCUT2D eigenvalue weighted by Crippen LogP contribution is -2.50. The van der Waals surface area contributed by atoms with Gasteiger partial charge in [0.05, 0.1) is 6.61 Å². The predicted molar refractivity (Wildman–Crippen MR) is 85.3 cm³/mol. The second-order valence-corrected chi connectivity index (χ2v) is 8.25. The largest absolute Gasteiger partial charge is 0.394 e. The Morgan fingerprint density at radius 3 is 2.52 bits per heavy atom. The van der Waals surface area contributed by atoms with Crippen LogP contribution in [0.25, 0.3) is 0 Å². The van der Waals surface area contributed by atoms with Gasteiger partial charge in [-0.05, 0) is 70.3 Å². The summed E-state index contributed by atoms with van der Waals surface area (Å²) in [6.07, 6.45) is 15.0. The third kappa shape index (κ3) is 2.89. The molecule has 3 saturated carbocycles. The standard InChI is InChI=1S/C18H32N2O/c21-13-18(19-15-7-8-15)10-9-16(12-18)20-11-3-6-17(20)14-4-1-2-5-14/h14-17,19,21H,1-13H2. The van der Waals surface area contributed by atoms with E-state index < -0.39 is 0 Å². The molecule has 4 rings (SSSR count). The lowest BCUT2D eigenvalue weighted by Gasteiger charge is -2.36. The zero-order valence-electron chi connectivity index (χ0n) is 13.4. The third-order valence-electron chi connectivity index (χ3n) is 6.73. The number of likely N-dealkylation sites (tertiary alicyclic amines) is 1. The molecule has 3 nitrogen and oxygen atoms in total. The van der Waals surface area contributed by atoms with E-state index in [2.05, 4.69) is 10.2 Å². The van der Waals surface area contributed by atoms with E-state index in [-0.39, 0.29) is 5.54 Å². The monoisotopic (exact) mass is 292 g/mol. The highest BCUT2D eigenvalue weighted by atomic mass is 16.3. The van der Waals surface area contributed by atoms with Crippen molar-refractivity contribution in [2.75, 3.05) is 13.2 Å². The minimum atomic E-state index is 0.0502. The molecule has 120 valence electrons. The molecule has 1 aliphatic heterocycles. The maximum absolute atomic E-state index is 9.95. The van der Waals surface area contributed by atoms with Crippen molar-refractivity contribution in [1.29, 1.82) is 0 Å². The first kappa shape index (κ1) is 14.5. The molecule has 21 heavy (non-hydrogen) atoms. The van der Waals surface area contributed by atoms with Crippen LogP contribution < -0.4 is 5.32 Å². The van der Waals surface area contributed by atoms with E-state index in [1.54, 1.807) is 0 Å². The molecule has 0 radical (unpaired) electrons. The molecule has 0 amide bonds. The average Bonchev–Trinajstić information content (AvgIpc) is 2.95. The third-order valence-corrected chi connectivity index (χ3v) is 6.73. The molecule has 1 heterocycles. The van der Waals surface area contributed by atoms with Crippen LogP contribution in [0.2, 0.25) is 0 Å². The minimum absolute atomic E-state index is 0.0502. The van der Waals surface area contributed by atoms with Crippen molar-refractivity contribution in [1.82, 2.24) is 10.2 Å². The molecule has 1 saturated heterocycles. The zero-order chi connectivity index (χ0) is 14.3. The second-order valence-electron chi connectivity index (χ2n) is 8.25. The van der Waals surface area contributed by atoms with Gasteiger partial charge in [0.2, 0.25) is 0 Å². The Balaban J connectivity index is 1.41. The molecular weight excluding hydrogens is 260 g/mol. The normalized spacial score (nSPS) is 42.1. The van der Waals surface area contributed by atoms with Crippen molar-refractivity contribution in [3.05, 3.63) is 0 Å². The molecule has 3 heteroatoms. The first-order valence-corrected chi connectivity index (χ1v) is 9.44. The van der Waals surface area contributed by atoms with E-state index >= 15 is 0 Å². The summed E-state index contributed by atoms with van der Waals surface area (Å²) in [5.74, 6) is 0.980. The van der Waals surface area contributed by atoms with Crippen LogP contribution in [-0.4, -0.2) is 46.8 Å². The van der Waals surface area contributed by atoms with Gasteiger partial charge in [0.15, 0.2) is 0 Å². The van der Waals surface area contributed by atoms with E-state index in [1.807, 2.05) is 0 Å². The van der Waals surface area contributed by atoms with Crippen LogP contribution in [0.1, 0.15) is 70.6 Å². The summed E-state index contributed by atoms with van der Waals surface area (Å²) in [6.45, 7) is 1.65. The van der Waals surface area contributed by atoms with Gasteiger partial charge in [0, 0.05) is 23.7 Å². The molecule has 2 N–H and O–H groups in total. The van der Waals surface area contributed by atoms with E-state index in [4.69, 9.17) is 0 Å². The van der Waals surface area contributed by atoms with Crippen LogP contribution in [0.4, 0.5) is 0 Å². The first-order chi connectivity index (χ1) is 10.3. The second kappa shape index (κ2) is 5.82. The van der Waals surface area contributed by atoms with Crippen LogP contribution in [0.5, 0.6) is 0 Å². The van der Waals surface area contributed by atoms with Crippen molar-refractivity contribution in [2.24, 2.45) is 5.92 Å². The van der Waals surface area contributed by atoms with E-state index in [0.717, 1.165) is 18.0 Å². The van der Waals surface area contributed by atoms with Gasteiger partial charge >= 0.3 is 0 Å². The molecule has 0 aromatic carbocycles. The van der Waals surface area contributed by atoms with Crippen molar-refractivity contribution >= 4 is 0 Å². The molecule has 0 aromatic heterocycles. The Morgan fingerprint density at radius 1 is 1.00 bits per heavy atom. The van der Waals surface area contributed by atoms with Crippen molar-refractivity contribution < 1.29 is 5.11 Å². The summed E-state index contributed by atoms with van der Waals surface area (Å²) in [5, 5.41) is 13.7. The fourth-order valence-corrected chi connectivity index (χ4v) is 5.48. The number of aliphatic hydroxyl groups is 1. The Hall–Kier alpha value is -0.120. The maximum Gasteiger partial charge on any atom is 0.0614 e. The Kier molecular flexibility index (Phi) is 4.01. The highest BCUT2D eigenvalue weighted by molar-refractivity contribution is 5.05. The van der Waals surface area contributed by atoms with E-state index in [1.165, 1.54) is 77.2 Å². The molecule has 0 spiro atoms. The number of nitrogens with zero attached hydrogens (tertiary/aromatic N) is 1. The summed E-state index contributed by atoms with van der Waals surface area (Å²) in [6, 6.07) is 2.31. The van der Waals surface area contributed by atoms with E-state index in [0.29, 0.717) is 12.6 Å². The molecule has 4 fully saturated rings. The molecule has 4 aliphatic rings.